The first kappa shape index (κ1) is 17.2. The van der Waals surface area contributed by atoms with Gasteiger partial charge in [-0.1, -0.05) is 6.07 Å². The number of nitrogens with one attached hydrogen (secondary N) is 2. The smallest absolute Gasteiger partial charge is 0.191 e. The number of hydrogen-bond donors (Lipinski definition) is 2. The van der Waals surface area contributed by atoms with Gasteiger partial charge < -0.3 is 15.5 Å². The van der Waals surface area contributed by atoms with Gasteiger partial charge in [0.1, 0.15) is 0 Å². The Morgan fingerprint density at radius 1 is 1.38 bits per heavy atom. The average Bonchev–Trinajstić information content (AvgIpc) is 3.34. The first-order valence-corrected chi connectivity index (χ1v) is 10.2. The van der Waals surface area contributed by atoms with Crippen molar-refractivity contribution in [3.8, 4) is 0 Å². The topological polar surface area (TPSA) is 52.6 Å². The van der Waals surface area contributed by atoms with Gasteiger partial charge >= 0.3 is 0 Å². The van der Waals surface area contributed by atoms with Gasteiger partial charge in [0.15, 0.2) is 11.1 Å². The van der Waals surface area contributed by atoms with E-state index in [1.54, 1.807) is 22.7 Å². The Kier molecular flexibility index (Phi) is 6.09. The van der Waals surface area contributed by atoms with E-state index in [4.69, 9.17) is 4.98 Å². The molecule has 1 saturated heterocycles. The van der Waals surface area contributed by atoms with Crippen molar-refractivity contribution in [1.82, 2.24) is 15.6 Å². The first-order valence-electron chi connectivity index (χ1n) is 8.46. The van der Waals surface area contributed by atoms with Gasteiger partial charge in [-0.2, -0.15) is 0 Å². The van der Waals surface area contributed by atoms with Crippen molar-refractivity contribution in [2.24, 2.45) is 4.99 Å². The van der Waals surface area contributed by atoms with Crippen LogP contribution in [0.2, 0.25) is 0 Å². The molecule has 0 aliphatic carbocycles. The Labute approximate surface area is 151 Å². The number of thiazole rings is 1. The number of guanidine groups is 1. The summed E-state index contributed by atoms with van der Waals surface area (Å²) in [6.07, 6.45) is 3.50. The summed E-state index contributed by atoms with van der Waals surface area (Å²) in [6.45, 7) is 5.30. The molecule has 2 N–H and O–H groups in total. The maximum absolute atomic E-state index is 4.76. The van der Waals surface area contributed by atoms with E-state index in [0.717, 1.165) is 37.7 Å². The van der Waals surface area contributed by atoms with Gasteiger partial charge in [0, 0.05) is 43.4 Å². The van der Waals surface area contributed by atoms with Gasteiger partial charge in [0.05, 0.1) is 11.7 Å². The minimum Gasteiger partial charge on any atom is -0.356 e. The Balaban J connectivity index is 1.44. The van der Waals surface area contributed by atoms with Crippen molar-refractivity contribution >= 4 is 33.8 Å². The van der Waals surface area contributed by atoms with Crippen molar-refractivity contribution in [3.05, 3.63) is 33.5 Å². The second-order valence-corrected chi connectivity index (χ2v) is 7.76. The Morgan fingerprint density at radius 3 is 2.92 bits per heavy atom. The van der Waals surface area contributed by atoms with Crippen LogP contribution >= 0.6 is 22.7 Å². The zero-order valence-corrected chi connectivity index (χ0v) is 15.9. The molecule has 0 saturated carbocycles. The van der Waals surface area contributed by atoms with Crippen LogP contribution in [-0.2, 0) is 6.42 Å². The highest BCUT2D eigenvalue weighted by atomic mass is 32.1. The molecule has 1 fully saturated rings. The van der Waals surface area contributed by atoms with Crippen LogP contribution < -0.4 is 15.5 Å². The number of anilines is 1. The summed E-state index contributed by atoms with van der Waals surface area (Å²) >= 11 is 3.52. The maximum atomic E-state index is 4.76. The third-order valence-corrected chi connectivity index (χ3v) is 6.14. The van der Waals surface area contributed by atoms with Crippen molar-refractivity contribution in [3.63, 3.8) is 0 Å². The molecule has 0 spiro atoms. The highest BCUT2D eigenvalue weighted by Gasteiger charge is 2.15. The molecule has 0 radical (unpaired) electrons. The van der Waals surface area contributed by atoms with E-state index < -0.39 is 0 Å². The molecule has 3 heterocycles. The fourth-order valence-corrected chi connectivity index (χ4v) is 4.43. The molecule has 0 bridgehead atoms. The SMILES string of the molecule is CN=C(NCCc1csc(N2CCCC2)n1)NC(C)c1cccs1. The molecular formula is C17H25N5S2. The molecule has 1 unspecified atom stereocenters. The lowest BCUT2D eigenvalue weighted by atomic mass is 10.3. The van der Waals surface area contributed by atoms with E-state index in [9.17, 15) is 0 Å². The summed E-state index contributed by atoms with van der Waals surface area (Å²) in [6, 6.07) is 4.48. The van der Waals surface area contributed by atoms with Crippen LogP contribution in [0.25, 0.3) is 0 Å². The molecule has 0 aromatic carbocycles. The van der Waals surface area contributed by atoms with E-state index in [1.807, 2.05) is 7.05 Å². The quantitative estimate of drug-likeness (QED) is 0.611. The van der Waals surface area contributed by atoms with Gasteiger partial charge in [-0.3, -0.25) is 4.99 Å². The van der Waals surface area contributed by atoms with Crippen LogP contribution in [0.1, 0.15) is 36.4 Å². The number of hydrogen-bond acceptors (Lipinski definition) is 5. The van der Waals surface area contributed by atoms with Gasteiger partial charge in [0.25, 0.3) is 0 Å². The maximum Gasteiger partial charge on any atom is 0.191 e. The lowest BCUT2D eigenvalue weighted by molar-refractivity contribution is 0.694. The number of nitrogens with zero attached hydrogens (tertiary/aromatic N) is 3. The first-order chi connectivity index (χ1) is 11.8. The highest BCUT2D eigenvalue weighted by Crippen LogP contribution is 2.24. The van der Waals surface area contributed by atoms with Crippen LogP contribution in [0.3, 0.4) is 0 Å². The average molecular weight is 364 g/mol. The number of aliphatic imine (C=N–C) groups is 1. The van der Waals surface area contributed by atoms with Crippen molar-refractivity contribution < 1.29 is 0 Å². The van der Waals surface area contributed by atoms with Crippen molar-refractivity contribution in [1.29, 1.82) is 0 Å². The van der Waals surface area contributed by atoms with Crippen LogP contribution in [0, 0.1) is 0 Å². The summed E-state index contributed by atoms with van der Waals surface area (Å²) in [5, 5.41) is 12.3. The molecule has 1 atom stereocenters. The molecule has 5 nitrogen and oxygen atoms in total. The summed E-state index contributed by atoms with van der Waals surface area (Å²) in [7, 11) is 1.81. The Morgan fingerprint density at radius 2 is 2.21 bits per heavy atom. The number of aromatic nitrogens is 1. The molecule has 7 heteroatoms. The van der Waals surface area contributed by atoms with Gasteiger partial charge in [-0.05, 0) is 31.2 Å². The molecule has 1 aliphatic rings. The van der Waals surface area contributed by atoms with Crippen LogP contribution in [0.4, 0.5) is 5.13 Å². The molecule has 1 aliphatic heterocycles. The van der Waals surface area contributed by atoms with Gasteiger partial charge in [-0.25, -0.2) is 4.98 Å². The zero-order chi connectivity index (χ0) is 16.8. The molecule has 0 amide bonds. The lowest BCUT2D eigenvalue weighted by Gasteiger charge is -2.16. The van der Waals surface area contributed by atoms with E-state index in [-0.39, 0.29) is 6.04 Å². The zero-order valence-electron chi connectivity index (χ0n) is 14.3. The largest absolute Gasteiger partial charge is 0.356 e. The molecule has 3 rings (SSSR count). The summed E-state index contributed by atoms with van der Waals surface area (Å²) in [4.78, 5) is 12.8. The Bertz CT molecular complexity index is 644. The highest BCUT2D eigenvalue weighted by molar-refractivity contribution is 7.13. The minimum atomic E-state index is 0.261. The van der Waals surface area contributed by atoms with E-state index >= 15 is 0 Å². The monoisotopic (exact) mass is 363 g/mol. The van der Waals surface area contributed by atoms with Crippen LogP contribution in [0.15, 0.2) is 27.9 Å². The summed E-state index contributed by atoms with van der Waals surface area (Å²) in [5.41, 5.74) is 1.16. The third-order valence-electron chi connectivity index (χ3n) is 4.14. The van der Waals surface area contributed by atoms with E-state index in [1.165, 1.54) is 22.9 Å². The Hall–Kier alpha value is -1.60. The molecule has 24 heavy (non-hydrogen) atoms. The fraction of sp³-hybridized carbons (Fsp3) is 0.529. The van der Waals surface area contributed by atoms with Gasteiger partial charge in [-0.15, -0.1) is 22.7 Å². The summed E-state index contributed by atoms with van der Waals surface area (Å²) < 4.78 is 0. The molecular weight excluding hydrogens is 338 g/mol. The second-order valence-electron chi connectivity index (χ2n) is 5.95. The minimum absolute atomic E-state index is 0.261. The lowest BCUT2D eigenvalue weighted by Crippen LogP contribution is -2.39. The molecule has 2 aromatic rings. The normalized spacial score (nSPS) is 16.4. The number of thiophene rings is 1. The second kappa shape index (κ2) is 8.48. The predicted molar refractivity (Wildman–Crippen MR) is 104 cm³/mol. The fourth-order valence-electron chi connectivity index (χ4n) is 2.78. The number of rotatable bonds is 6. The predicted octanol–water partition coefficient (Wildman–Crippen LogP) is 3.27. The standard InChI is InChI=1S/C17H25N5S2/c1-13(15-6-5-11-23-15)20-16(18-2)19-8-7-14-12-24-17(21-14)22-9-3-4-10-22/h5-6,11-13H,3-4,7-10H2,1-2H3,(H2,18,19,20). The summed E-state index contributed by atoms with van der Waals surface area (Å²) in [5.74, 6) is 0.839. The van der Waals surface area contributed by atoms with Crippen LogP contribution in [0.5, 0.6) is 0 Å². The third kappa shape index (κ3) is 4.48. The molecule has 2 aromatic heterocycles. The molecule has 130 valence electrons. The van der Waals surface area contributed by atoms with Crippen LogP contribution in [-0.4, -0.2) is 37.6 Å². The van der Waals surface area contributed by atoms with E-state index in [2.05, 4.69) is 50.3 Å². The van der Waals surface area contributed by atoms with E-state index in [0.29, 0.717) is 0 Å². The van der Waals surface area contributed by atoms with Crippen molar-refractivity contribution in [2.45, 2.75) is 32.2 Å². The van der Waals surface area contributed by atoms with Crippen molar-refractivity contribution in [2.75, 3.05) is 31.6 Å². The van der Waals surface area contributed by atoms with Gasteiger partial charge in [0.2, 0.25) is 0 Å².